The highest BCUT2D eigenvalue weighted by Crippen LogP contribution is 2.27. The minimum absolute atomic E-state index is 0.218. The highest BCUT2D eigenvalue weighted by atomic mass is 35.5. The third kappa shape index (κ3) is 4.30. The van der Waals surface area contributed by atoms with Gasteiger partial charge in [-0.3, -0.25) is 14.8 Å². The SMILES string of the molecule is COc1ccc(-n2c(C)nnc2CC(C)C(=O)O)c(C(=N)c2ccc(Cl)cc2)c1. The Balaban J connectivity index is 2.14. The summed E-state index contributed by atoms with van der Waals surface area (Å²) in [4.78, 5) is 11.3. The van der Waals surface area contributed by atoms with Crippen LogP contribution in [0.4, 0.5) is 0 Å². The number of aromatic nitrogens is 3. The first-order valence-corrected chi connectivity index (χ1v) is 9.36. The molecule has 8 heteroatoms. The van der Waals surface area contributed by atoms with Crippen LogP contribution in [-0.4, -0.2) is 38.7 Å². The van der Waals surface area contributed by atoms with Crippen molar-refractivity contribution in [3.05, 3.63) is 70.3 Å². The number of aliphatic carboxylic acids is 1. The number of carboxylic acid groups (broad SMARTS) is 1. The van der Waals surface area contributed by atoms with Crippen LogP contribution in [-0.2, 0) is 11.2 Å². The summed E-state index contributed by atoms with van der Waals surface area (Å²) in [6, 6.07) is 12.4. The maximum absolute atomic E-state index is 11.3. The highest BCUT2D eigenvalue weighted by Gasteiger charge is 2.21. The lowest BCUT2D eigenvalue weighted by Gasteiger charge is -2.17. The van der Waals surface area contributed by atoms with Crippen LogP contribution < -0.4 is 4.74 Å². The molecule has 0 spiro atoms. The molecule has 29 heavy (non-hydrogen) atoms. The molecular formula is C21H21ClN4O3. The quantitative estimate of drug-likeness (QED) is 0.573. The van der Waals surface area contributed by atoms with Gasteiger partial charge in [-0.2, -0.15) is 0 Å². The molecule has 0 aliphatic rings. The van der Waals surface area contributed by atoms with Crippen LogP contribution in [0.15, 0.2) is 42.5 Å². The number of halogens is 1. The largest absolute Gasteiger partial charge is 0.497 e. The first-order chi connectivity index (χ1) is 13.8. The van der Waals surface area contributed by atoms with Crippen molar-refractivity contribution in [2.45, 2.75) is 20.3 Å². The van der Waals surface area contributed by atoms with E-state index in [1.807, 2.05) is 6.07 Å². The van der Waals surface area contributed by atoms with Crippen molar-refractivity contribution in [1.82, 2.24) is 14.8 Å². The van der Waals surface area contributed by atoms with Crippen molar-refractivity contribution in [3.8, 4) is 11.4 Å². The number of aryl methyl sites for hydroxylation is 1. The van der Waals surface area contributed by atoms with Gasteiger partial charge in [0.05, 0.1) is 24.4 Å². The monoisotopic (exact) mass is 412 g/mol. The van der Waals surface area contributed by atoms with Crippen LogP contribution in [0, 0.1) is 18.3 Å². The number of methoxy groups -OCH3 is 1. The van der Waals surface area contributed by atoms with Crippen molar-refractivity contribution in [1.29, 1.82) is 5.41 Å². The van der Waals surface area contributed by atoms with Crippen LogP contribution in [0.1, 0.15) is 29.7 Å². The molecule has 2 N–H and O–H groups in total. The van der Waals surface area contributed by atoms with E-state index in [9.17, 15) is 9.90 Å². The van der Waals surface area contributed by atoms with E-state index < -0.39 is 11.9 Å². The van der Waals surface area contributed by atoms with Crippen molar-refractivity contribution < 1.29 is 14.6 Å². The Hall–Kier alpha value is -3.19. The number of carbonyl (C=O) groups is 1. The molecule has 0 saturated carbocycles. The maximum Gasteiger partial charge on any atom is 0.306 e. The maximum atomic E-state index is 11.3. The number of rotatable bonds is 7. The van der Waals surface area contributed by atoms with Gasteiger partial charge in [0, 0.05) is 22.6 Å². The second-order valence-corrected chi connectivity index (χ2v) is 7.14. The fraction of sp³-hybridized carbons (Fsp3) is 0.238. The van der Waals surface area contributed by atoms with E-state index in [-0.39, 0.29) is 12.1 Å². The van der Waals surface area contributed by atoms with Crippen LogP contribution in [0.3, 0.4) is 0 Å². The van der Waals surface area contributed by atoms with Crippen LogP contribution in [0.25, 0.3) is 5.69 Å². The third-order valence-electron chi connectivity index (χ3n) is 4.65. The summed E-state index contributed by atoms with van der Waals surface area (Å²) >= 11 is 5.98. The third-order valence-corrected chi connectivity index (χ3v) is 4.90. The summed E-state index contributed by atoms with van der Waals surface area (Å²) in [5, 5.41) is 26.9. The molecule has 0 amide bonds. The molecule has 1 unspecified atom stereocenters. The highest BCUT2D eigenvalue weighted by molar-refractivity contribution is 6.30. The number of hydrogen-bond donors (Lipinski definition) is 2. The summed E-state index contributed by atoms with van der Waals surface area (Å²) in [6.07, 6.45) is 0.218. The summed E-state index contributed by atoms with van der Waals surface area (Å²) in [7, 11) is 1.56. The van der Waals surface area contributed by atoms with Gasteiger partial charge in [-0.1, -0.05) is 30.7 Å². The minimum atomic E-state index is -0.902. The summed E-state index contributed by atoms with van der Waals surface area (Å²) in [5.74, 6) is 0.213. The van der Waals surface area contributed by atoms with Crippen LogP contribution in [0.2, 0.25) is 5.02 Å². The molecular weight excluding hydrogens is 392 g/mol. The Bertz CT molecular complexity index is 1060. The number of benzene rings is 2. The first-order valence-electron chi connectivity index (χ1n) is 8.98. The number of nitrogens with zero attached hydrogens (tertiary/aromatic N) is 3. The van der Waals surface area contributed by atoms with Gasteiger partial charge in [-0.05, 0) is 37.3 Å². The normalized spacial score (nSPS) is 11.9. The van der Waals surface area contributed by atoms with Crippen LogP contribution in [0.5, 0.6) is 5.75 Å². The molecule has 0 saturated heterocycles. The molecule has 0 radical (unpaired) electrons. The van der Waals surface area contributed by atoms with Crippen molar-refractivity contribution >= 4 is 23.3 Å². The molecule has 0 aliphatic heterocycles. The molecule has 3 aromatic rings. The Morgan fingerprint density at radius 3 is 2.55 bits per heavy atom. The Morgan fingerprint density at radius 2 is 1.93 bits per heavy atom. The van der Waals surface area contributed by atoms with E-state index in [2.05, 4.69) is 10.2 Å². The summed E-state index contributed by atoms with van der Waals surface area (Å²) in [5.41, 5.74) is 2.26. The summed E-state index contributed by atoms with van der Waals surface area (Å²) in [6.45, 7) is 3.42. The molecule has 3 rings (SSSR count). The van der Waals surface area contributed by atoms with Gasteiger partial charge < -0.3 is 9.84 Å². The van der Waals surface area contributed by atoms with E-state index in [1.54, 1.807) is 61.9 Å². The molecule has 0 bridgehead atoms. The van der Waals surface area contributed by atoms with E-state index in [0.29, 0.717) is 39.2 Å². The fourth-order valence-electron chi connectivity index (χ4n) is 3.02. The summed E-state index contributed by atoms with van der Waals surface area (Å²) < 4.78 is 7.14. The predicted molar refractivity (Wildman–Crippen MR) is 111 cm³/mol. The Kier molecular flexibility index (Phi) is 5.98. The smallest absolute Gasteiger partial charge is 0.306 e. The lowest BCUT2D eigenvalue weighted by molar-refractivity contribution is -0.141. The van der Waals surface area contributed by atoms with Gasteiger partial charge in [-0.15, -0.1) is 10.2 Å². The minimum Gasteiger partial charge on any atom is -0.497 e. The number of ether oxygens (including phenoxy) is 1. The second-order valence-electron chi connectivity index (χ2n) is 6.71. The molecule has 150 valence electrons. The molecule has 1 heterocycles. The Labute approximate surface area is 173 Å². The predicted octanol–water partition coefficient (Wildman–Crippen LogP) is 3.92. The van der Waals surface area contributed by atoms with Gasteiger partial charge in [0.25, 0.3) is 0 Å². The standard InChI is InChI=1S/C21H21ClN4O3/c1-12(21(27)28)10-19-25-24-13(2)26(19)18-9-8-16(29-3)11-17(18)20(23)14-4-6-15(22)7-5-14/h4-9,11-12,23H,10H2,1-3H3,(H,27,28). The first kappa shape index (κ1) is 20.5. The number of nitrogens with one attached hydrogen (secondary N) is 1. The second kappa shape index (κ2) is 8.45. The fourth-order valence-corrected chi connectivity index (χ4v) is 3.15. The topological polar surface area (TPSA) is 101 Å². The molecule has 2 aromatic carbocycles. The van der Waals surface area contributed by atoms with Crippen molar-refractivity contribution in [3.63, 3.8) is 0 Å². The van der Waals surface area contributed by atoms with E-state index in [4.69, 9.17) is 21.7 Å². The molecule has 0 aliphatic carbocycles. The zero-order chi connectivity index (χ0) is 21.1. The number of hydrogen-bond acceptors (Lipinski definition) is 5. The van der Waals surface area contributed by atoms with Gasteiger partial charge >= 0.3 is 5.97 Å². The van der Waals surface area contributed by atoms with Gasteiger partial charge in [-0.25, -0.2) is 0 Å². The van der Waals surface area contributed by atoms with Crippen LogP contribution >= 0.6 is 11.6 Å². The molecule has 1 atom stereocenters. The van der Waals surface area contributed by atoms with Crippen molar-refractivity contribution in [2.75, 3.05) is 7.11 Å². The average molecular weight is 413 g/mol. The Morgan fingerprint density at radius 1 is 1.24 bits per heavy atom. The zero-order valence-corrected chi connectivity index (χ0v) is 17.1. The molecule has 7 nitrogen and oxygen atoms in total. The molecule has 1 aromatic heterocycles. The average Bonchev–Trinajstić information content (AvgIpc) is 3.07. The zero-order valence-electron chi connectivity index (χ0n) is 16.3. The van der Waals surface area contributed by atoms with E-state index in [1.165, 1.54) is 0 Å². The van der Waals surface area contributed by atoms with Gasteiger partial charge in [0.15, 0.2) is 0 Å². The number of carboxylic acids is 1. The van der Waals surface area contributed by atoms with Gasteiger partial charge in [0.1, 0.15) is 17.4 Å². The lowest BCUT2D eigenvalue weighted by atomic mass is 9.99. The van der Waals surface area contributed by atoms with E-state index in [0.717, 1.165) is 0 Å². The van der Waals surface area contributed by atoms with Gasteiger partial charge in [0.2, 0.25) is 0 Å². The van der Waals surface area contributed by atoms with Crippen molar-refractivity contribution in [2.24, 2.45) is 5.92 Å². The molecule has 0 fully saturated rings. The lowest BCUT2D eigenvalue weighted by Crippen LogP contribution is -2.17. The van der Waals surface area contributed by atoms with E-state index >= 15 is 0 Å².